The Balaban J connectivity index is 2.50. The molecule has 1 atom stereocenters. The average molecular weight is 240 g/mol. The molecule has 1 aromatic heterocycles. The molecule has 0 radical (unpaired) electrons. The van der Waals surface area contributed by atoms with Crippen LogP contribution < -0.4 is 10.2 Å². The molecule has 1 rings (SSSR count). The molecule has 0 aromatic carbocycles. The minimum absolute atomic E-state index is 0.507. The molecule has 0 aliphatic carbocycles. The maximum atomic E-state index is 4.45. The van der Waals surface area contributed by atoms with E-state index in [0.29, 0.717) is 6.04 Å². The summed E-state index contributed by atoms with van der Waals surface area (Å²) in [6.07, 6.45) is 3.92. The summed E-state index contributed by atoms with van der Waals surface area (Å²) in [6.45, 7) is 2.98. The van der Waals surface area contributed by atoms with E-state index < -0.39 is 0 Å². The third-order valence-electron chi connectivity index (χ3n) is 2.15. The second-order valence-corrected chi connectivity index (χ2v) is 4.89. The number of rotatable bonds is 6. The first-order valence-electron chi connectivity index (χ1n) is 5.35. The lowest BCUT2D eigenvalue weighted by molar-refractivity contribution is 0.587. The van der Waals surface area contributed by atoms with E-state index in [-0.39, 0.29) is 0 Å². The first-order chi connectivity index (χ1) is 7.63. The zero-order valence-corrected chi connectivity index (χ0v) is 11.2. The molecule has 0 spiro atoms. The summed E-state index contributed by atoms with van der Waals surface area (Å²) >= 11 is 1.85. The molecular formula is C11H20N4S. The monoisotopic (exact) mass is 240 g/mol. The summed E-state index contributed by atoms with van der Waals surface area (Å²) in [5.41, 5.74) is 1.03. The van der Waals surface area contributed by atoms with Crippen molar-refractivity contribution in [2.24, 2.45) is 0 Å². The molecule has 0 aliphatic rings. The molecule has 1 N–H and O–H groups in total. The highest BCUT2D eigenvalue weighted by Gasteiger charge is 2.03. The van der Waals surface area contributed by atoms with Gasteiger partial charge in [-0.2, -0.15) is 11.8 Å². The fourth-order valence-electron chi connectivity index (χ4n) is 1.29. The van der Waals surface area contributed by atoms with Gasteiger partial charge in [-0.15, -0.1) is 0 Å². The van der Waals surface area contributed by atoms with Crippen molar-refractivity contribution >= 4 is 17.7 Å². The molecule has 1 heterocycles. The summed E-state index contributed by atoms with van der Waals surface area (Å²) in [6, 6.07) is 2.46. The fourth-order valence-corrected chi connectivity index (χ4v) is 1.90. The minimum atomic E-state index is 0.507. The SMILES string of the molecule is CSCC(C)NCc1ccnc(N(C)C)n1. The lowest BCUT2D eigenvalue weighted by atomic mass is 10.3. The Labute approximate surface area is 102 Å². The van der Waals surface area contributed by atoms with Crippen molar-refractivity contribution in [3.63, 3.8) is 0 Å². The van der Waals surface area contributed by atoms with Crippen LogP contribution in [0.2, 0.25) is 0 Å². The number of thioether (sulfide) groups is 1. The zero-order valence-electron chi connectivity index (χ0n) is 10.4. The Hall–Kier alpha value is -0.810. The predicted octanol–water partition coefficient (Wildman–Crippen LogP) is 1.38. The van der Waals surface area contributed by atoms with Crippen LogP contribution >= 0.6 is 11.8 Å². The molecule has 0 saturated heterocycles. The normalized spacial score (nSPS) is 12.5. The van der Waals surface area contributed by atoms with Crippen LogP contribution in [0, 0.1) is 0 Å². The standard InChI is InChI=1S/C11H20N4S/c1-9(8-16-4)13-7-10-5-6-12-11(14-10)15(2)3/h5-6,9,13H,7-8H2,1-4H3. The van der Waals surface area contributed by atoms with E-state index in [4.69, 9.17) is 0 Å². The van der Waals surface area contributed by atoms with Crippen molar-refractivity contribution in [3.8, 4) is 0 Å². The lowest BCUT2D eigenvalue weighted by Crippen LogP contribution is -2.28. The fraction of sp³-hybridized carbons (Fsp3) is 0.636. The highest BCUT2D eigenvalue weighted by Crippen LogP contribution is 2.04. The Kier molecular flexibility index (Phi) is 5.55. The number of aromatic nitrogens is 2. The molecular weight excluding hydrogens is 220 g/mol. The van der Waals surface area contributed by atoms with Crippen molar-refractivity contribution in [2.45, 2.75) is 19.5 Å². The summed E-state index contributed by atoms with van der Waals surface area (Å²) in [5, 5.41) is 3.44. The predicted molar refractivity (Wildman–Crippen MR) is 71.0 cm³/mol. The second-order valence-electron chi connectivity index (χ2n) is 3.98. The molecule has 4 nitrogen and oxygen atoms in total. The van der Waals surface area contributed by atoms with Crippen LogP contribution in [0.5, 0.6) is 0 Å². The number of hydrogen-bond acceptors (Lipinski definition) is 5. The van der Waals surface area contributed by atoms with Crippen LogP contribution in [0.4, 0.5) is 5.95 Å². The van der Waals surface area contributed by atoms with Crippen molar-refractivity contribution in [3.05, 3.63) is 18.0 Å². The number of nitrogens with zero attached hydrogens (tertiary/aromatic N) is 3. The maximum absolute atomic E-state index is 4.45. The molecule has 0 fully saturated rings. The van der Waals surface area contributed by atoms with E-state index in [1.165, 1.54) is 0 Å². The summed E-state index contributed by atoms with van der Waals surface area (Å²) in [4.78, 5) is 10.5. The quantitative estimate of drug-likeness (QED) is 0.813. The average Bonchev–Trinajstić information content (AvgIpc) is 2.27. The molecule has 5 heteroatoms. The van der Waals surface area contributed by atoms with Crippen molar-refractivity contribution in [2.75, 3.05) is 31.0 Å². The molecule has 0 amide bonds. The van der Waals surface area contributed by atoms with Crippen LogP contribution in [-0.4, -0.2) is 42.1 Å². The largest absolute Gasteiger partial charge is 0.347 e. The maximum Gasteiger partial charge on any atom is 0.225 e. The number of anilines is 1. The van der Waals surface area contributed by atoms with Crippen LogP contribution in [0.15, 0.2) is 12.3 Å². The zero-order chi connectivity index (χ0) is 12.0. The molecule has 0 bridgehead atoms. The van der Waals surface area contributed by atoms with E-state index in [9.17, 15) is 0 Å². The summed E-state index contributed by atoms with van der Waals surface area (Å²) in [5.74, 6) is 1.88. The van der Waals surface area contributed by atoms with Gasteiger partial charge in [-0.05, 0) is 19.2 Å². The molecule has 1 aromatic rings. The Bertz CT molecular complexity index is 317. The van der Waals surface area contributed by atoms with Crippen molar-refractivity contribution in [1.29, 1.82) is 0 Å². The molecule has 0 aliphatic heterocycles. The van der Waals surface area contributed by atoms with E-state index in [0.717, 1.165) is 23.9 Å². The van der Waals surface area contributed by atoms with Crippen molar-refractivity contribution < 1.29 is 0 Å². The first-order valence-corrected chi connectivity index (χ1v) is 6.74. The summed E-state index contributed by atoms with van der Waals surface area (Å²) < 4.78 is 0. The van der Waals surface area contributed by atoms with Gasteiger partial charge in [0.1, 0.15) is 0 Å². The van der Waals surface area contributed by atoms with Crippen LogP contribution in [0.25, 0.3) is 0 Å². The third-order valence-corrected chi connectivity index (χ3v) is 2.98. The number of hydrogen-bond donors (Lipinski definition) is 1. The first kappa shape index (κ1) is 13.3. The number of nitrogens with one attached hydrogen (secondary N) is 1. The molecule has 16 heavy (non-hydrogen) atoms. The van der Waals surface area contributed by atoms with E-state index >= 15 is 0 Å². The smallest absolute Gasteiger partial charge is 0.225 e. The minimum Gasteiger partial charge on any atom is -0.347 e. The van der Waals surface area contributed by atoms with Crippen LogP contribution in [-0.2, 0) is 6.54 Å². The van der Waals surface area contributed by atoms with Gasteiger partial charge in [-0.3, -0.25) is 0 Å². The summed E-state index contributed by atoms with van der Waals surface area (Å²) in [7, 11) is 3.89. The van der Waals surface area contributed by atoms with E-state index in [1.807, 2.05) is 36.8 Å². The second kappa shape index (κ2) is 6.70. The van der Waals surface area contributed by atoms with Crippen molar-refractivity contribution in [1.82, 2.24) is 15.3 Å². The molecule has 0 saturated carbocycles. The van der Waals surface area contributed by atoms with Gasteiger partial charge < -0.3 is 10.2 Å². The third kappa shape index (κ3) is 4.37. The van der Waals surface area contributed by atoms with Crippen LogP contribution in [0.1, 0.15) is 12.6 Å². The van der Waals surface area contributed by atoms with Crippen LogP contribution in [0.3, 0.4) is 0 Å². The van der Waals surface area contributed by atoms with Gasteiger partial charge in [-0.1, -0.05) is 0 Å². The van der Waals surface area contributed by atoms with Gasteiger partial charge in [0.15, 0.2) is 0 Å². The van der Waals surface area contributed by atoms with Gasteiger partial charge in [0, 0.05) is 38.6 Å². The van der Waals surface area contributed by atoms with E-state index in [1.54, 1.807) is 6.20 Å². The van der Waals surface area contributed by atoms with Gasteiger partial charge in [0.05, 0.1) is 5.69 Å². The molecule has 90 valence electrons. The molecule has 1 unspecified atom stereocenters. The highest BCUT2D eigenvalue weighted by atomic mass is 32.2. The Morgan fingerprint density at radius 3 is 2.88 bits per heavy atom. The van der Waals surface area contributed by atoms with Gasteiger partial charge >= 0.3 is 0 Å². The van der Waals surface area contributed by atoms with Gasteiger partial charge in [0.2, 0.25) is 5.95 Å². The Morgan fingerprint density at radius 1 is 1.50 bits per heavy atom. The topological polar surface area (TPSA) is 41.1 Å². The lowest BCUT2D eigenvalue weighted by Gasteiger charge is -2.13. The Morgan fingerprint density at radius 2 is 2.25 bits per heavy atom. The van der Waals surface area contributed by atoms with Gasteiger partial charge in [0.25, 0.3) is 0 Å². The van der Waals surface area contributed by atoms with Gasteiger partial charge in [-0.25, -0.2) is 9.97 Å². The van der Waals surface area contributed by atoms with E-state index in [2.05, 4.69) is 28.5 Å². The highest BCUT2D eigenvalue weighted by molar-refractivity contribution is 7.98.